The summed E-state index contributed by atoms with van der Waals surface area (Å²) in [7, 11) is 0. The molecule has 1 fully saturated rings. The normalized spacial score (nSPS) is 34.0. The number of fused-ring (bicyclic) bond motifs is 1. The van der Waals surface area contributed by atoms with E-state index in [0.29, 0.717) is 18.6 Å². The molecule has 0 heterocycles. The van der Waals surface area contributed by atoms with Gasteiger partial charge in [-0.25, -0.2) is 0 Å². The van der Waals surface area contributed by atoms with Gasteiger partial charge in [0.15, 0.2) is 0 Å². The van der Waals surface area contributed by atoms with Gasteiger partial charge >= 0.3 is 0 Å². The molecule has 2 aliphatic carbocycles. The van der Waals surface area contributed by atoms with E-state index in [9.17, 15) is 4.79 Å². The minimum Gasteiger partial charge on any atom is -0.299 e. The predicted molar refractivity (Wildman–Crippen MR) is 62.5 cm³/mol. The highest BCUT2D eigenvalue weighted by Gasteiger charge is 2.43. The summed E-state index contributed by atoms with van der Waals surface area (Å²) < 4.78 is 0. The monoisotopic (exact) mass is 215 g/mol. The molecule has 16 heavy (non-hydrogen) atoms. The molecule has 2 nitrogen and oxygen atoms in total. The molecule has 0 N–H and O–H groups in total. The van der Waals surface area contributed by atoms with Gasteiger partial charge in [-0.2, -0.15) is 5.26 Å². The van der Waals surface area contributed by atoms with Crippen LogP contribution in [0.3, 0.4) is 0 Å². The number of hydrogen-bond donors (Lipinski definition) is 0. The van der Waals surface area contributed by atoms with Crippen LogP contribution in [0, 0.1) is 22.7 Å². The van der Waals surface area contributed by atoms with Gasteiger partial charge < -0.3 is 0 Å². The Balaban J connectivity index is 2.33. The highest BCUT2D eigenvalue weighted by molar-refractivity contribution is 5.90. The summed E-state index contributed by atoms with van der Waals surface area (Å²) in [5, 5.41) is 8.77. The fourth-order valence-electron chi connectivity index (χ4n) is 2.95. The molecule has 0 aromatic rings. The Kier molecular flexibility index (Phi) is 2.71. The van der Waals surface area contributed by atoms with Crippen molar-refractivity contribution in [2.75, 3.05) is 0 Å². The number of nitriles is 1. The zero-order valence-electron chi connectivity index (χ0n) is 9.75. The molecule has 0 spiro atoms. The van der Waals surface area contributed by atoms with Gasteiger partial charge in [-0.1, -0.05) is 12.7 Å². The smallest absolute Gasteiger partial charge is 0.143 e. The number of rotatable bonds is 1. The molecular formula is C14H17NO. The highest BCUT2D eigenvalue weighted by atomic mass is 16.1. The molecule has 2 rings (SSSR count). The third-order valence-electron chi connectivity index (χ3n) is 4.10. The van der Waals surface area contributed by atoms with Crippen LogP contribution < -0.4 is 0 Å². The molecule has 0 aliphatic heterocycles. The first kappa shape index (κ1) is 11.1. The van der Waals surface area contributed by atoms with E-state index in [-0.39, 0.29) is 11.3 Å². The van der Waals surface area contributed by atoms with Gasteiger partial charge in [0.1, 0.15) is 5.78 Å². The summed E-state index contributed by atoms with van der Waals surface area (Å²) >= 11 is 0. The molecule has 2 aliphatic rings. The molecule has 0 bridgehead atoms. The lowest BCUT2D eigenvalue weighted by atomic mass is 9.61. The number of nitrogens with zero attached hydrogens (tertiary/aromatic N) is 1. The van der Waals surface area contributed by atoms with Crippen molar-refractivity contribution in [2.45, 2.75) is 39.0 Å². The number of Topliss-reactive ketones (excluding diaryl/α,β-unsaturated/α-hetero) is 1. The van der Waals surface area contributed by atoms with Gasteiger partial charge in [0.25, 0.3) is 0 Å². The van der Waals surface area contributed by atoms with Crippen LogP contribution >= 0.6 is 0 Å². The van der Waals surface area contributed by atoms with E-state index in [0.717, 1.165) is 30.4 Å². The van der Waals surface area contributed by atoms with Crippen LogP contribution in [0.4, 0.5) is 0 Å². The van der Waals surface area contributed by atoms with Crippen molar-refractivity contribution in [2.24, 2.45) is 11.3 Å². The lowest BCUT2D eigenvalue weighted by Gasteiger charge is -2.42. The number of ketones is 1. The molecule has 1 saturated carbocycles. The maximum atomic E-state index is 12.0. The molecule has 0 radical (unpaired) electrons. The molecule has 0 aromatic carbocycles. The third-order valence-corrected chi connectivity index (χ3v) is 4.10. The lowest BCUT2D eigenvalue weighted by Crippen LogP contribution is -2.38. The first-order valence-electron chi connectivity index (χ1n) is 5.89. The second-order valence-corrected chi connectivity index (χ2v) is 5.03. The van der Waals surface area contributed by atoms with E-state index in [4.69, 9.17) is 5.26 Å². The minimum absolute atomic E-state index is 0.259. The van der Waals surface area contributed by atoms with Gasteiger partial charge in [0.2, 0.25) is 0 Å². The van der Waals surface area contributed by atoms with Crippen LogP contribution in [0.5, 0.6) is 0 Å². The molecule has 2 heteroatoms. The SMILES string of the molecule is C=C1C2=CCCC(=O)[C@@]2(C)CC[C@H]1CC#N. The van der Waals surface area contributed by atoms with Crippen molar-refractivity contribution in [1.82, 2.24) is 0 Å². The minimum atomic E-state index is -0.304. The summed E-state index contributed by atoms with van der Waals surface area (Å²) in [6.07, 6.45) is 5.99. The zero-order chi connectivity index (χ0) is 11.8. The van der Waals surface area contributed by atoms with Crippen molar-refractivity contribution in [3.05, 3.63) is 23.8 Å². The summed E-state index contributed by atoms with van der Waals surface area (Å²) in [6, 6.07) is 2.21. The van der Waals surface area contributed by atoms with Crippen LogP contribution in [0.2, 0.25) is 0 Å². The molecule has 0 unspecified atom stereocenters. The zero-order valence-corrected chi connectivity index (χ0v) is 9.75. The van der Waals surface area contributed by atoms with Crippen molar-refractivity contribution in [3.8, 4) is 6.07 Å². The Bertz CT molecular complexity index is 413. The van der Waals surface area contributed by atoms with Crippen LogP contribution in [-0.2, 0) is 4.79 Å². The highest BCUT2D eigenvalue weighted by Crippen LogP contribution is 2.49. The fraction of sp³-hybridized carbons (Fsp3) is 0.571. The predicted octanol–water partition coefficient (Wildman–Crippen LogP) is 3.16. The molecule has 0 aromatic heterocycles. The van der Waals surface area contributed by atoms with Crippen molar-refractivity contribution in [1.29, 1.82) is 5.26 Å². The van der Waals surface area contributed by atoms with E-state index in [1.165, 1.54) is 0 Å². The largest absolute Gasteiger partial charge is 0.299 e. The average molecular weight is 215 g/mol. The summed E-state index contributed by atoms with van der Waals surface area (Å²) in [5.41, 5.74) is 1.85. The van der Waals surface area contributed by atoms with E-state index in [1.807, 2.05) is 6.92 Å². The topological polar surface area (TPSA) is 40.9 Å². The maximum absolute atomic E-state index is 12.0. The van der Waals surface area contributed by atoms with Crippen molar-refractivity contribution in [3.63, 3.8) is 0 Å². The third kappa shape index (κ3) is 1.51. The number of hydrogen-bond acceptors (Lipinski definition) is 2. The van der Waals surface area contributed by atoms with Crippen LogP contribution in [0.1, 0.15) is 39.0 Å². The molecule has 2 atom stereocenters. The van der Waals surface area contributed by atoms with E-state index in [2.05, 4.69) is 18.7 Å². The average Bonchev–Trinajstić information content (AvgIpc) is 2.26. The van der Waals surface area contributed by atoms with Gasteiger partial charge in [0, 0.05) is 12.8 Å². The summed E-state index contributed by atoms with van der Waals surface area (Å²) in [5.74, 6) is 0.608. The second kappa shape index (κ2) is 3.90. The molecule has 84 valence electrons. The van der Waals surface area contributed by atoms with Crippen LogP contribution in [-0.4, -0.2) is 5.78 Å². The Morgan fingerprint density at radius 2 is 2.44 bits per heavy atom. The van der Waals surface area contributed by atoms with E-state index in [1.54, 1.807) is 0 Å². The van der Waals surface area contributed by atoms with Crippen molar-refractivity contribution >= 4 is 5.78 Å². The first-order chi connectivity index (χ1) is 7.59. The van der Waals surface area contributed by atoms with Gasteiger partial charge in [-0.05, 0) is 43.3 Å². The number of allylic oxidation sites excluding steroid dienone is 3. The number of carbonyl (C=O) groups is 1. The van der Waals surface area contributed by atoms with Gasteiger partial charge in [-0.15, -0.1) is 0 Å². The van der Waals surface area contributed by atoms with Crippen molar-refractivity contribution < 1.29 is 4.79 Å². The molecular weight excluding hydrogens is 198 g/mol. The Labute approximate surface area is 96.6 Å². The maximum Gasteiger partial charge on any atom is 0.143 e. The fourth-order valence-corrected chi connectivity index (χ4v) is 2.95. The van der Waals surface area contributed by atoms with E-state index < -0.39 is 0 Å². The lowest BCUT2D eigenvalue weighted by molar-refractivity contribution is -0.127. The summed E-state index contributed by atoms with van der Waals surface area (Å²) in [6.45, 7) is 6.14. The Morgan fingerprint density at radius 1 is 1.69 bits per heavy atom. The quantitative estimate of drug-likeness (QED) is 0.674. The second-order valence-electron chi connectivity index (χ2n) is 5.03. The molecule has 0 saturated heterocycles. The summed E-state index contributed by atoms with van der Waals surface area (Å²) in [4.78, 5) is 12.0. The van der Waals surface area contributed by atoms with Crippen LogP contribution in [0.15, 0.2) is 23.8 Å². The standard InChI is InChI=1S/C14H17NO/c1-10-11(7-9-15)6-8-14(2)12(10)4-3-5-13(14)16/h4,11H,1,3,5-8H2,2H3/t11-,14-/m0/s1. The van der Waals surface area contributed by atoms with E-state index >= 15 is 0 Å². The number of carbonyl (C=O) groups excluding carboxylic acids is 1. The first-order valence-corrected chi connectivity index (χ1v) is 5.89. The van der Waals surface area contributed by atoms with Gasteiger partial charge in [-0.3, -0.25) is 4.79 Å². The molecule has 0 amide bonds. The van der Waals surface area contributed by atoms with Gasteiger partial charge in [0.05, 0.1) is 11.5 Å². The Morgan fingerprint density at radius 3 is 3.12 bits per heavy atom. The Hall–Kier alpha value is -1.36. The van der Waals surface area contributed by atoms with Crippen LogP contribution in [0.25, 0.3) is 0 Å².